The Kier molecular flexibility index (Phi) is 12.2. The number of ether oxygens (including phenoxy) is 3. The van der Waals surface area contributed by atoms with Crippen LogP contribution in [0, 0.1) is 23.7 Å². The van der Waals surface area contributed by atoms with Crippen molar-refractivity contribution < 1.29 is 23.8 Å². The maximum Gasteiger partial charge on any atom is 0.335 e. The van der Waals surface area contributed by atoms with Gasteiger partial charge in [0.2, 0.25) is 0 Å². The number of rotatable bonds is 12. The van der Waals surface area contributed by atoms with Crippen LogP contribution < -0.4 is 9.47 Å². The number of hydrogen-bond acceptors (Lipinski definition) is 5. The average Bonchev–Trinajstić information content (AvgIpc) is 3.07. The van der Waals surface area contributed by atoms with Gasteiger partial charge in [-0.15, -0.1) is 0 Å². The molecule has 0 N–H and O–H groups in total. The van der Waals surface area contributed by atoms with Crippen molar-refractivity contribution in [2.45, 2.75) is 39.0 Å². The highest BCUT2D eigenvalue weighted by Crippen LogP contribution is 2.23. The molecule has 0 saturated carbocycles. The second-order valence-corrected chi connectivity index (χ2v) is 10.2. The first kappa shape index (κ1) is 32.4. The largest absolute Gasteiger partial charge is 0.494 e. The van der Waals surface area contributed by atoms with E-state index in [2.05, 4.69) is 74.1 Å². The van der Waals surface area contributed by atoms with Gasteiger partial charge >= 0.3 is 11.9 Å². The van der Waals surface area contributed by atoms with Crippen LogP contribution in [0.2, 0.25) is 0 Å². The zero-order valence-corrected chi connectivity index (χ0v) is 25.6. The van der Waals surface area contributed by atoms with Crippen LogP contribution in [0.3, 0.4) is 0 Å². The first-order chi connectivity index (χ1) is 22.0. The fourth-order valence-corrected chi connectivity index (χ4v) is 4.50. The number of fused-ring (bicyclic) bond motifs is 1. The second kappa shape index (κ2) is 16.9. The third-order valence-corrected chi connectivity index (χ3v) is 6.95. The van der Waals surface area contributed by atoms with E-state index >= 15 is 0 Å². The number of unbranched alkanes of at least 4 members (excludes halogenated alkanes) is 3. The van der Waals surface area contributed by atoms with E-state index in [0.29, 0.717) is 19.0 Å². The minimum absolute atomic E-state index is 0.371. The Morgan fingerprint density at radius 1 is 0.644 bits per heavy atom. The van der Waals surface area contributed by atoms with Gasteiger partial charge in [0, 0.05) is 34.4 Å². The number of carbonyl (C=O) groups excluding carboxylic acids is 2. The number of aryl methyl sites for hydroxylation is 1. The lowest BCUT2D eigenvalue weighted by molar-refractivity contribution is -0.137. The molecule has 226 valence electrons. The summed E-state index contributed by atoms with van der Waals surface area (Å²) in [6, 6.07) is 25.5. The summed E-state index contributed by atoms with van der Waals surface area (Å²) >= 11 is 0. The van der Waals surface area contributed by atoms with Gasteiger partial charge in [-0.1, -0.05) is 55.9 Å². The Morgan fingerprint density at radius 3 is 2.00 bits per heavy atom. The van der Waals surface area contributed by atoms with Crippen molar-refractivity contribution in [3.63, 3.8) is 0 Å². The molecular formula is C40H36O5. The molecule has 0 bridgehead atoms. The van der Waals surface area contributed by atoms with E-state index in [1.54, 1.807) is 12.1 Å². The molecule has 0 atom stereocenters. The number of hydrogen-bond donors (Lipinski definition) is 0. The van der Waals surface area contributed by atoms with Gasteiger partial charge in [-0.05, 0) is 115 Å². The zero-order chi connectivity index (χ0) is 31.9. The molecule has 0 aliphatic rings. The van der Waals surface area contributed by atoms with Gasteiger partial charge in [0.05, 0.1) is 13.2 Å². The van der Waals surface area contributed by atoms with Crippen LogP contribution >= 0.6 is 0 Å². The summed E-state index contributed by atoms with van der Waals surface area (Å²) < 4.78 is 16.1. The summed E-state index contributed by atoms with van der Waals surface area (Å²) in [6.07, 6.45) is 6.95. The highest BCUT2D eigenvalue weighted by molar-refractivity contribution is 5.85. The standard InChI is InChI=1S/C40H36O5/c1-4-33-27-31(12-11-30-16-22-37(23-17-30)45-40(42)6-3)13-18-34(33)19-14-32-15-20-36-29-38(24-21-35(36)28-32)43-25-9-7-8-10-26-44-39(41)5-2/h5-6,13,15-18,20-24,27-29H,2-4,7-10,25-26H2,1H3. The predicted octanol–water partition coefficient (Wildman–Crippen LogP) is 7.96. The maximum absolute atomic E-state index is 11.3. The third kappa shape index (κ3) is 10.3. The van der Waals surface area contributed by atoms with Crippen molar-refractivity contribution in [2.75, 3.05) is 13.2 Å². The van der Waals surface area contributed by atoms with E-state index in [0.717, 1.165) is 82.5 Å². The molecule has 0 aliphatic heterocycles. The van der Waals surface area contributed by atoms with Crippen LogP contribution in [0.15, 0.2) is 104 Å². The van der Waals surface area contributed by atoms with Crippen molar-refractivity contribution in [3.8, 4) is 35.2 Å². The van der Waals surface area contributed by atoms with Gasteiger partial charge in [-0.2, -0.15) is 0 Å². The molecule has 0 fully saturated rings. The van der Waals surface area contributed by atoms with E-state index < -0.39 is 5.97 Å². The lowest BCUT2D eigenvalue weighted by Crippen LogP contribution is -2.02. The van der Waals surface area contributed by atoms with E-state index in [1.807, 2.05) is 36.4 Å². The lowest BCUT2D eigenvalue weighted by Gasteiger charge is -2.08. The number of esters is 2. The fourth-order valence-electron chi connectivity index (χ4n) is 4.50. The molecule has 4 aromatic carbocycles. The van der Waals surface area contributed by atoms with E-state index in [-0.39, 0.29) is 5.97 Å². The Hall–Kier alpha value is -5.52. The molecule has 4 rings (SSSR count). The highest BCUT2D eigenvalue weighted by Gasteiger charge is 2.03. The van der Waals surface area contributed by atoms with E-state index in [1.165, 1.54) is 6.08 Å². The molecule has 5 nitrogen and oxygen atoms in total. The second-order valence-electron chi connectivity index (χ2n) is 10.2. The molecule has 0 aromatic heterocycles. The summed E-state index contributed by atoms with van der Waals surface area (Å²) in [5, 5.41) is 2.21. The molecule has 0 spiro atoms. The van der Waals surface area contributed by atoms with Gasteiger partial charge < -0.3 is 14.2 Å². The van der Waals surface area contributed by atoms with Gasteiger partial charge in [0.1, 0.15) is 11.5 Å². The van der Waals surface area contributed by atoms with Gasteiger partial charge in [0.15, 0.2) is 0 Å². The molecule has 0 amide bonds. The smallest absolute Gasteiger partial charge is 0.335 e. The van der Waals surface area contributed by atoms with Crippen LogP contribution in [0.25, 0.3) is 10.8 Å². The van der Waals surface area contributed by atoms with Crippen LogP contribution in [0.1, 0.15) is 60.4 Å². The van der Waals surface area contributed by atoms with Crippen LogP contribution in [0.4, 0.5) is 0 Å². The van der Waals surface area contributed by atoms with Crippen molar-refractivity contribution in [1.82, 2.24) is 0 Å². The maximum atomic E-state index is 11.3. The van der Waals surface area contributed by atoms with E-state index in [9.17, 15) is 9.59 Å². The molecule has 45 heavy (non-hydrogen) atoms. The average molecular weight is 597 g/mol. The van der Waals surface area contributed by atoms with Crippen molar-refractivity contribution in [2.24, 2.45) is 0 Å². The minimum Gasteiger partial charge on any atom is -0.494 e. The van der Waals surface area contributed by atoms with Crippen molar-refractivity contribution >= 4 is 22.7 Å². The Balaban J connectivity index is 1.32. The normalized spacial score (nSPS) is 10.1. The molecule has 0 aliphatic carbocycles. The van der Waals surface area contributed by atoms with Crippen molar-refractivity contribution in [1.29, 1.82) is 0 Å². The van der Waals surface area contributed by atoms with Gasteiger partial charge in [-0.3, -0.25) is 0 Å². The molecule has 4 aromatic rings. The lowest BCUT2D eigenvalue weighted by atomic mass is 10.0. The molecule has 5 heteroatoms. The first-order valence-corrected chi connectivity index (χ1v) is 15.0. The molecular weight excluding hydrogens is 560 g/mol. The Labute approximate surface area is 265 Å². The van der Waals surface area contributed by atoms with Crippen molar-refractivity contribution in [3.05, 3.63) is 132 Å². The summed E-state index contributed by atoms with van der Waals surface area (Å²) in [5.74, 6) is 13.5. The Bertz CT molecular complexity index is 1790. The zero-order valence-electron chi connectivity index (χ0n) is 25.6. The number of benzene rings is 4. The van der Waals surface area contributed by atoms with Crippen LogP contribution in [0.5, 0.6) is 11.5 Å². The number of carbonyl (C=O) groups is 2. The predicted molar refractivity (Wildman–Crippen MR) is 179 cm³/mol. The fraction of sp³-hybridized carbons (Fsp3) is 0.200. The van der Waals surface area contributed by atoms with Crippen LogP contribution in [-0.2, 0) is 20.7 Å². The molecule has 0 saturated heterocycles. The monoisotopic (exact) mass is 596 g/mol. The highest BCUT2D eigenvalue weighted by atomic mass is 16.5. The summed E-state index contributed by atoms with van der Waals surface area (Å²) in [6.45, 7) is 9.98. The van der Waals surface area contributed by atoms with Gasteiger partial charge in [0.25, 0.3) is 0 Å². The van der Waals surface area contributed by atoms with E-state index in [4.69, 9.17) is 14.2 Å². The quantitative estimate of drug-likeness (QED) is 0.0546. The third-order valence-electron chi connectivity index (χ3n) is 6.95. The molecule has 0 heterocycles. The molecule has 0 radical (unpaired) electrons. The first-order valence-electron chi connectivity index (χ1n) is 15.0. The SMILES string of the molecule is C=CC(=O)OCCCCCCOc1ccc2cc(C#Cc3ccc(C#Cc4ccc(OC(=O)C=C)cc4)cc3CC)ccc2c1. The summed E-state index contributed by atoms with van der Waals surface area (Å²) in [4.78, 5) is 22.4. The summed E-state index contributed by atoms with van der Waals surface area (Å²) in [5.41, 5.74) is 4.80. The molecule has 0 unspecified atom stereocenters. The minimum atomic E-state index is -0.493. The van der Waals surface area contributed by atoms with Gasteiger partial charge in [-0.25, -0.2) is 9.59 Å². The Morgan fingerprint density at radius 2 is 1.24 bits per heavy atom. The summed E-state index contributed by atoms with van der Waals surface area (Å²) in [7, 11) is 0. The topological polar surface area (TPSA) is 61.8 Å². The van der Waals surface area contributed by atoms with Crippen LogP contribution in [-0.4, -0.2) is 25.2 Å².